The summed E-state index contributed by atoms with van der Waals surface area (Å²) in [5.41, 5.74) is 6.88. The largest absolute Gasteiger partial charge is 0.393 e. The molecule has 110 valence electrons. The zero-order valence-corrected chi connectivity index (χ0v) is 12.0. The van der Waals surface area contributed by atoms with E-state index in [1.807, 2.05) is 6.07 Å². The van der Waals surface area contributed by atoms with Gasteiger partial charge in [0.1, 0.15) is 5.69 Å². The second-order valence-corrected chi connectivity index (χ2v) is 5.53. The van der Waals surface area contributed by atoms with Crippen LogP contribution in [0.15, 0.2) is 18.2 Å². The molecule has 5 heteroatoms. The average molecular weight is 277 g/mol. The molecule has 1 atom stereocenters. The van der Waals surface area contributed by atoms with E-state index in [9.17, 15) is 10.1 Å². The van der Waals surface area contributed by atoms with E-state index in [2.05, 4.69) is 11.8 Å². The molecular weight excluding hydrogens is 254 g/mol. The topological polar surface area (TPSA) is 72.4 Å². The molecular formula is C15H23N3O2. The molecule has 0 amide bonds. The Morgan fingerprint density at radius 2 is 2.20 bits per heavy atom. The third kappa shape index (κ3) is 3.48. The maximum atomic E-state index is 11.0. The number of nitrogens with two attached hydrogens (primary N) is 1. The summed E-state index contributed by atoms with van der Waals surface area (Å²) in [6.07, 6.45) is 6.16. The van der Waals surface area contributed by atoms with Crippen molar-refractivity contribution < 1.29 is 4.92 Å². The van der Waals surface area contributed by atoms with E-state index in [1.54, 1.807) is 12.1 Å². The first kappa shape index (κ1) is 14.8. The van der Waals surface area contributed by atoms with Crippen LogP contribution >= 0.6 is 0 Å². The third-order valence-electron chi connectivity index (χ3n) is 4.15. The summed E-state index contributed by atoms with van der Waals surface area (Å²) in [5, 5.41) is 11.0. The van der Waals surface area contributed by atoms with E-state index in [-0.39, 0.29) is 11.4 Å². The molecule has 2 rings (SSSR count). The van der Waals surface area contributed by atoms with Gasteiger partial charge in [0.05, 0.1) is 4.92 Å². The van der Waals surface area contributed by atoms with Gasteiger partial charge in [-0.05, 0) is 37.4 Å². The van der Waals surface area contributed by atoms with Crippen LogP contribution in [0.1, 0.15) is 44.6 Å². The summed E-state index contributed by atoms with van der Waals surface area (Å²) >= 11 is 0. The maximum Gasteiger partial charge on any atom is 0.292 e. The van der Waals surface area contributed by atoms with Crippen molar-refractivity contribution in [3.63, 3.8) is 0 Å². The maximum absolute atomic E-state index is 11.0. The molecule has 1 heterocycles. The number of nitro benzene ring substituents is 1. The van der Waals surface area contributed by atoms with Gasteiger partial charge in [0, 0.05) is 18.7 Å². The Morgan fingerprint density at radius 3 is 2.90 bits per heavy atom. The van der Waals surface area contributed by atoms with Crippen molar-refractivity contribution in [3.8, 4) is 0 Å². The Hall–Kier alpha value is -1.62. The predicted molar refractivity (Wildman–Crippen MR) is 80.5 cm³/mol. The SMILES string of the molecule is CCC1CCCCCN1Cc1ccc(N)c([N+](=O)[O-])c1. The first-order valence-electron chi connectivity index (χ1n) is 7.38. The molecule has 0 saturated carbocycles. The fourth-order valence-corrected chi connectivity index (χ4v) is 2.99. The molecule has 5 nitrogen and oxygen atoms in total. The lowest BCUT2D eigenvalue weighted by Crippen LogP contribution is -2.33. The molecule has 1 aliphatic rings. The van der Waals surface area contributed by atoms with Crippen LogP contribution in [0.4, 0.5) is 11.4 Å². The minimum Gasteiger partial charge on any atom is -0.393 e. The van der Waals surface area contributed by atoms with Crippen LogP contribution in [0.3, 0.4) is 0 Å². The molecule has 0 radical (unpaired) electrons. The van der Waals surface area contributed by atoms with Gasteiger partial charge in [0.2, 0.25) is 0 Å². The highest BCUT2D eigenvalue weighted by atomic mass is 16.6. The van der Waals surface area contributed by atoms with Crippen LogP contribution in [0.25, 0.3) is 0 Å². The highest BCUT2D eigenvalue weighted by molar-refractivity contribution is 5.59. The van der Waals surface area contributed by atoms with Crippen molar-refractivity contribution in [2.45, 2.75) is 51.6 Å². The lowest BCUT2D eigenvalue weighted by atomic mass is 10.1. The van der Waals surface area contributed by atoms with Crippen molar-refractivity contribution in [2.24, 2.45) is 0 Å². The zero-order valence-electron chi connectivity index (χ0n) is 12.0. The number of benzene rings is 1. The fourth-order valence-electron chi connectivity index (χ4n) is 2.99. The second kappa shape index (κ2) is 6.70. The standard InChI is InChI=1S/C15H23N3O2/c1-2-13-6-4-3-5-9-17(13)11-12-7-8-14(16)15(10-12)18(19)20/h7-8,10,13H,2-6,9,11,16H2,1H3. The number of nitrogen functional groups attached to an aromatic ring is 1. The van der Waals surface area contributed by atoms with E-state index in [0.717, 1.165) is 25.1 Å². The van der Waals surface area contributed by atoms with Crippen molar-refractivity contribution >= 4 is 11.4 Å². The number of hydrogen-bond acceptors (Lipinski definition) is 4. The molecule has 1 aromatic carbocycles. The number of likely N-dealkylation sites (tertiary alicyclic amines) is 1. The van der Waals surface area contributed by atoms with Crippen molar-refractivity contribution in [2.75, 3.05) is 12.3 Å². The summed E-state index contributed by atoms with van der Waals surface area (Å²) in [7, 11) is 0. The molecule has 1 aliphatic heterocycles. The molecule has 1 unspecified atom stereocenters. The van der Waals surface area contributed by atoms with Gasteiger partial charge in [-0.15, -0.1) is 0 Å². The van der Waals surface area contributed by atoms with Gasteiger partial charge >= 0.3 is 0 Å². The van der Waals surface area contributed by atoms with Gasteiger partial charge in [0.15, 0.2) is 0 Å². The number of nitrogens with zero attached hydrogens (tertiary/aromatic N) is 2. The van der Waals surface area contributed by atoms with E-state index in [1.165, 1.54) is 25.7 Å². The highest BCUT2D eigenvalue weighted by Gasteiger charge is 2.20. The van der Waals surface area contributed by atoms with E-state index < -0.39 is 4.92 Å². The Labute approximate surface area is 119 Å². The Morgan fingerprint density at radius 1 is 1.40 bits per heavy atom. The normalized spacial score (nSPS) is 20.6. The molecule has 1 saturated heterocycles. The Kier molecular flexibility index (Phi) is 4.95. The van der Waals surface area contributed by atoms with Crippen LogP contribution in [0.5, 0.6) is 0 Å². The lowest BCUT2D eigenvalue weighted by molar-refractivity contribution is -0.384. The number of anilines is 1. The van der Waals surface area contributed by atoms with Gasteiger partial charge in [0.25, 0.3) is 5.69 Å². The summed E-state index contributed by atoms with van der Waals surface area (Å²) < 4.78 is 0. The quantitative estimate of drug-likeness (QED) is 0.520. The number of nitro groups is 1. The zero-order chi connectivity index (χ0) is 14.5. The molecule has 0 aromatic heterocycles. The third-order valence-corrected chi connectivity index (χ3v) is 4.15. The van der Waals surface area contributed by atoms with E-state index >= 15 is 0 Å². The van der Waals surface area contributed by atoms with E-state index in [4.69, 9.17) is 5.73 Å². The summed E-state index contributed by atoms with van der Waals surface area (Å²) in [5.74, 6) is 0. The van der Waals surface area contributed by atoms with E-state index in [0.29, 0.717) is 6.04 Å². The molecule has 0 spiro atoms. The Balaban J connectivity index is 2.15. The summed E-state index contributed by atoms with van der Waals surface area (Å²) in [6.45, 7) is 4.07. The van der Waals surface area contributed by atoms with Crippen LogP contribution in [-0.2, 0) is 6.54 Å². The van der Waals surface area contributed by atoms with Gasteiger partial charge < -0.3 is 5.73 Å². The second-order valence-electron chi connectivity index (χ2n) is 5.53. The Bertz CT molecular complexity index is 476. The molecule has 2 N–H and O–H groups in total. The number of rotatable bonds is 4. The summed E-state index contributed by atoms with van der Waals surface area (Å²) in [6, 6.07) is 5.76. The smallest absolute Gasteiger partial charge is 0.292 e. The minimum atomic E-state index is -0.404. The molecule has 1 aromatic rings. The summed E-state index contributed by atoms with van der Waals surface area (Å²) in [4.78, 5) is 13.0. The molecule has 1 fully saturated rings. The van der Waals surface area contributed by atoms with Gasteiger partial charge in [-0.1, -0.05) is 25.8 Å². The first-order valence-corrected chi connectivity index (χ1v) is 7.38. The molecule has 0 bridgehead atoms. The first-order chi connectivity index (χ1) is 9.61. The van der Waals surface area contributed by atoms with Crippen molar-refractivity contribution in [1.82, 2.24) is 4.90 Å². The van der Waals surface area contributed by atoms with Crippen LogP contribution in [0.2, 0.25) is 0 Å². The van der Waals surface area contributed by atoms with Gasteiger partial charge in [-0.3, -0.25) is 15.0 Å². The monoisotopic (exact) mass is 277 g/mol. The lowest BCUT2D eigenvalue weighted by Gasteiger charge is -2.29. The van der Waals surface area contributed by atoms with Gasteiger partial charge in [-0.25, -0.2) is 0 Å². The van der Waals surface area contributed by atoms with Crippen LogP contribution < -0.4 is 5.73 Å². The highest BCUT2D eigenvalue weighted by Crippen LogP contribution is 2.25. The van der Waals surface area contributed by atoms with Crippen LogP contribution in [-0.4, -0.2) is 22.4 Å². The fraction of sp³-hybridized carbons (Fsp3) is 0.600. The van der Waals surface area contributed by atoms with Gasteiger partial charge in [-0.2, -0.15) is 0 Å². The average Bonchev–Trinajstić information content (AvgIpc) is 2.65. The van der Waals surface area contributed by atoms with Crippen LogP contribution in [0, 0.1) is 10.1 Å². The van der Waals surface area contributed by atoms with Crippen molar-refractivity contribution in [1.29, 1.82) is 0 Å². The molecule has 0 aliphatic carbocycles. The minimum absolute atomic E-state index is 0.0189. The van der Waals surface area contributed by atoms with Crippen molar-refractivity contribution in [3.05, 3.63) is 33.9 Å². The number of hydrogen-bond donors (Lipinski definition) is 1. The molecule has 20 heavy (non-hydrogen) atoms. The predicted octanol–water partition coefficient (Wildman–Crippen LogP) is 3.33.